The molecule has 0 amide bonds. The Balaban J connectivity index is 2.22. The molecule has 2 aromatic rings. The molecule has 4 nitrogen and oxygen atoms in total. The van der Waals surface area contributed by atoms with Crippen LogP contribution in [0.5, 0.6) is 0 Å². The van der Waals surface area contributed by atoms with Crippen LogP contribution in [-0.4, -0.2) is 8.42 Å². The van der Waals surface area contributed by atoms with Crippen LogP contribution in [0.15, 0.2) is 34.5 Å². The summed E-state index contributed by atoms with van der Waals surface area (Å²) in [5, 5.41) is 8.78. The number of nitrogens with one attached hydrogen (secondary N) is 1. The summed E-state index contributed by atoms with van der Waals surface area (Å²) in [6.07, 6.45) is 0.281. The van der Waals surface area contributed by atoms with E-state index in [0.717, 1.165) is 16.9 Å². The molecule has 1 aromatic carbocycles. The quantitative estimate of drug-likeness (QED) is 0.911. The average Bonchev–Trinajstić information content (AvgIpc) is 2.73. The molecule has 104 valence electrons. The average molecular weight is 347 g/mol. The van der Waals surface area contributed by atoms with E-state index in [1.165, 1.54) is 6.07 Å². The number of anilines is 1. The van der Waals surface area contributed by atoms with Crippen LogP contribution in [-0.2, 0) is 16.4 Å². The Labute approximate surface area is 130 Å². The van der Waals surface area contributed by atoms with Crippen molar-refractivity contribution in [2.24, 2.45) is 0 Å². The lowest BCUT2D eigenvalue weighted by Crippen LogP contribution is -2.11. The van der Waals surface area contributed by atoms with Gasteiger partial charge in [-0.05, 0) is 23.8 Å². The van der Waals surface area contributed by atoms with Gasteiger partial charge in [0.25, 0.3) is 10.0 Å². The van der Waals surface area contributed by atoms with Crippen molar-refractivity contribution >= 4 is 50.2 Å². The largest absolute Gasteiger partial charge is 0.279 e. The summed E-state index contributed by atoms with van der Waals surface area (Å²) < 4.78 is 26.9. The number of nitriles is 1. The lowest BCUT2D eigenvalue weighted by Gasteiger charge is -2.06. The molecular weight excluding hydrogens is 339 g/mol. The third-order valence-electron chi connectivity index (χ3n) is 2.38. The van der Waals surface area contributed by atoms with E-state index in [1.807, 2.05) is 6.07 Å². The first-order valence-corrected chi connectivity index (χ1v) is 8.41. The maximum absolute atomic E-state index is 12.1. The maximum atomic E-state index is 12.1. The van der Waals surface area contributed by atoms with Gasteiger partial charge in [-0.1, -0.05) is 35.3 Å². The summed E-state index contributed by atoms with van der Waals surface area (Å²) in [5.74, 6) is 0. The van der Waals surface area contributed by atoms with Gasteiger partial charge in [0.2, 0.25) is 0 Å². The topological polar surface area (TPSA) is 70.0 Å². The molecule has 0 saturated heterocycles. The number of rotatable bonds is 4. The second-order valence-corrected chi connectivity index (χ2v) is 7.80. The number of halogens is 2. The van der Waals surface area contributed by atoms with E-state index in [-0.39, 0.29) is 20.0 Å². The van der Waals surface area contributed by atoms with Gasteiger partial charge in [0.1, 0.15) is 8.55 Å². The fourth-order valence-corrected chi connectivity index (χ4v) is 4.39. The summed E-state index contributed by atoms with van der Waals surface area (Å²) in [7, 11) is -3.71. The van der Waals surface area contributed by atoms with Gasteiger partial charge in [0, 0.05) is 5.69 Å². The zero-order valence-electron chi connectivity index (χ0n) is 9.93. The number of thiophene rings is 1. The molecule has 0 saturated carbocycles. The fraction of sp³-hybridized carbons (Fsp3) is 0.0833. The van der Waals surface area contributed by atoms with Crippen LogP contribution in [0, 0.1) is 11.3 Å². The Hall–Kier alpha value is -1.26. The van der Waals surface area contributed by atoms with Gasteiger partial charge >= 0.3 is 0 Å². The highest BCUT2D eigenvalue weighted by Crippen LogP contribution is 2.34. The molecule has 1 N–H and O–H groups in total. The van der Waals surface area contributed by atoms with Crippen LogP contribution in [0.2, 0.25) is 9.36 Å². The first kappa shape index (κ1) is 15.1. The molecule has 0 aliphatic carbocycles. The third-order valence-corrected chi connectivity index (χ3v) is 6.10. The summed E-state index contributed by atoms with van der Waals surface area (Å²) in [6, 6.07) is 9.90. The Morgan fingerprint density at radius 2 is 1.90 bits per heavy atom. The molecule has 0 aliphatic rings. The lowest BCUT2D eigenvalue weighted by molar-refractivity contribution is 0.603. The van der Waals surface area contributed by atoms with Crippen LogP contribution in [0.25, 0.3) is 0 Å². The molecule has 0 unspecified atom stereocenters. The van der Waals surface area contributed by atoms with Gasteiger partial charge in [-0.25, -0.2) is 8.42 Å². The number of sulfonamides is 1. The summed E-state index contributed by atoms with van der Waals surface area (Å²) in [4.78, 5) is 0. The molecule has 20 heavy (non-hydrogen) atoms. The van der Waals surface area contributed by atoms with Crippen LogP contribution in [0.3, 0.4) is 0 Å². The van der Waals surface area contributed by atoms with Crippen molar-refractivity contribution < 1.29 is 8.42 Å². The monoisotopic (exact) mass is 346 g/mol. The van der Waals surface area contributed by atoms with E-state index in [2.05, 4.69) is 4.72 Å². The summed E-state index contributed by atoms with van der Waals surface area (Å²) >= 11 is 12.4. The van der Waals surface area contributed by atoms with Crippen LogP contribution in [0.4, 0.5) is 5.69 Å². The van der Waals surface area contributed by atoms with E-state index in [0.29, 0.717) is 5.69 Å². The Kier molecular flexibility index (Phi) is 4.55. The van der Waals surface area contributed by atoms with Crippen molar-refractivity contribution in [3.8, 4) is 6.07 Å². The van der Waals surface area contributed by atoms with Gasteiger partial charge in [0.05, 0.1) is 17.5 Å². The zero-order chi connectivity index (χ0) is 14.8. The van der Waals surface area contributed by atoms with E-state index >= 15 is 0 Å². The molecule has 0 atom stereocenters. The van der Waals surface area contributed by atoms with Crippen molar-refractivity contribution in [1.29, 1.82) is 5.26 Å². The van der Waals surface area contributed by atoms with E-state index in [4.69, 9.17) is 28.5 Å². The van der Waals surface area contributed by atoms with E-state index in [1.54, 1.807) is 24.3 Å². The van der Waals surface area contributed by atoms with E-state index in [9.17, 15) is 8.42 Å². The maximum Gasteiger partial charge on any atom is 0.271 e. The molecule has 0 fully saturated rings. The second-order valence-electron chi connectivity index (χ2n) is 3.82. The van der Waals surface area contributed by atoms with E-state index < -0.39 is 10.0 Å². The minimum Gasteiger partial charge on any atom is -0.279 e. The van der Waals surface area contributed by atoms with Gasteiger partial charge < -0.3 is 0 Å². The fourth-order valence-electron chi connectivity index (χ4n) is 1.45. The molecule has 0 aliphatic heterocycles. The van der Waals surface area contributed by atoms with Crippen molar-refractivity contribution in [3.63, 3.8) is 0 Å². The van der Waals surface area contributed by atoms with Crippen LogP contribution >= 0.6 is 34.5 Å². The Bertz CT molecular complexity index is 742. The second kappa shape index (κ2) is 6.02. The molecule has 0 bridgehead atoms. The smallest absolute Gasteiger partial charge is 0.271 e. The normalized spacial score (nSPS) is 11.1. The van der Waals surface area contributed by atoms with Gasteiger partial charge in [-0.2, -0.15) is 5.26 Å². The Morgan fingerprint density at radius 1 is 1.25 bits per heavy atom. The molecule has 1 heterocycles. The Morgan fingerprint density at radius 3 is 2.40 bits per heavy atom. The van der Waals surface area contributed by atoms with Gasteiger partial charge in [-0.15, -0.1) is 11.3 Å². The minimum absolute atomic E-state index is 0.0496. The third kappa shape index (κ3) is 3.44. The summed E-state index contributed by atoms with van der Waals surface area (Å²) in [6.45, 7) is 0. The lowest BCUT2D eigenvalue weighted by atomic mass is 10.1. The predicted octanol–water partition coefficient (Wildman–Crippen LogP) is 3.92. The first-order valence-electron chi connectivity index (χ1n) is 5.36. The molecule has 0 radical (unpaired) electrons. The van der Waals surface area contributed by atoms with Gasteiger partial charge in [0.15, 0.2) is 0 Å². The van der Waals surface area contributed by atoms with Crippen molar-refractivity contribution in [2.75, 3.05) is 4.72 Å². The number of benzene rings is 1. The molecule has 8 heteroatoms. The predicted molar refractivity (Wildman–Crippen MR) is 80.9 cm³/mol. The van der Waals surface area contributed by atoms with Crippen LogP contribution in [0.1, 0.15) is 5.56 Å². The van der Waals surface area contributed by atoms with Crippen LogP contribution < -0.4 is 4.72 Å². The van der Waals surface area contributed by atoms with Crippen molar-refractivity contribution in [2.45, 2.75) is 10.6 Å². The number of hydrogen-bond donors (Lipinski definition) is 1. The summed E-state index contributed by atoms with van der Waals surface area (Å²) in [5.41, 5.74) is 1.23. The highest BCUT2D eigenvalue weighted by molar-refractivity contribution is 7.94. The highest BCUT2D eigenvalue weighted by atomic mass is 35.5. The molecule has 2 rings (SSSR count). The minimum atomic E-state index is -3.71. The SMILES string of the molecule is N#CCc1ccc(NS(=O)(=O)c2cc(Cl)c(Cl)s2)cc1. The van der Waals surface area contributed by atoms with Gasteiger partial charge in [-0.3, -0.25) is 4.72 Å². The molecule has 1 aromatic heterocycles. The number of nitrogens with zero attached hydrogens (tertiary/aromatic N) is 1. The van der Waals surface area contributed by atoms with Crippen molar-refractivity contribution in [1.82, 2.24) is 0 Å². The standard InChI is InChI=1S/C12H8Cl2N2O2S2/c13-10-7-11(19-12(10)14)20(17,18)16-9-3-1-8(2-4-9)5-6-15/h1-4,7,16H,5H2. The highest BCUT2D eigenvalue weighted by Gasteiger charge is 2.19. The molecule has 0 spiro atoms. The first-order chi connectivity index (χ1) is 9.42. The number of hydrogen-bond acceptors (Lipinski definition) is 4. The van der Waals surface area contributed by atoms with Crippen molar-refractivity contribution in [3.05, 3.63) is 45.3 Å². The zero-order valence-corrected chi connectivity index (χ0v) is 13.1. The molecular formula is C12H8Cl2N2O2S2.